The number of carboxylic acids is 1. The highest BCUT2D eigenvalue weighted by Gasteiger charge is 2.67. The van der Waals surface area contributed by atoms with E-state index in [1.54, 1.807) is 0 Å². The smallest absolute Gasteiger partial charge is 0.341 e. The lowest BCUT2D eigenvalue weighted by atomic mass is 9.42. The first kappa shape index (κ1) is 26.8. The lowest BCUT2D eigenvalue weighted by molar-refractivity contribution is -0.243. The summed E-state index contributed by atoms with van der Waals surface area (Å²) in [5.74, 6) is -1.56. The number of aliphatic hydroxyl groups is 4. The zero-order valence-corrected chi connectivity index (χ0v) is 21.1. The number of aliphatic carboxylic acids is 1. The zero-order valence-electron chi connectivity index (χ0n) is 21.1. The average Bonchev–Trinajstić information content (AvgIpc) is 3.16. The molecule has 0 aromatic rings. The van der Waals surface area contributed by atoms with E-state index in [1.165, 1.54) is 0 Å². The first-order valence-corrected chi connectivity index (χ1v) is 13.3. The fourth-order valence-corrected chi connectivity index (χ4v) is 9.04. The van der Waals surface area contributed by atoms with Crippen LogP contribution in [0.1, 0.15) is 72.1 Å². The summed E-state index contributed by atoms with van der Waals surface area (Å²) >= 11 is 0. The van der Waals surface area contributed by atoms with Gasteiger partial charge in [-0.05, 0) is 91.3 Å². The van der Waals surface area contributed by atoms with Crippen LogP contribution in [0.4, 0.5) is 0 Å². The van der Waals surface area contributed by atoms with Gasteiger partial charge in [0.05, 0.1) is 24.4 Å². The van der Waals surface area contributed by atoms with Crippen LogP contribution in [0.25, 0.3) is 0 Å². The molecule has 9 nitrogen and oxygen atoms in total. The molecular formula is C26H44N2O7. The molecule has 0 saturated heterocycles. The maximum absolute atomic E-state index is 12.2. The first-order chi connectivity index (χ1) is 16.3. The van der Waals surface area contributed by atoms with Gasteiger partial charge in [-0.2, -0.15) is 0 Å². The van der Waals surface area contributed by atoms with Crippen molar-refractivity contribution in [1.29, 1.82) is 0 Å². The maximum atomic E-state index is 12.2. The highest BCUT2D eigenvalue weighted by atomic mass is 16.4. The van der Waals surface area contributed by atoms with Crippen molar-refractivity contribution in [3.8, 4) is 0 Å². The van der Waals surface area contributed by atoms with Crippen molar-refractivity contribution in [2.24, 2.45) is 52.1 Å². The number of hydrogen-bond acceptors (Lipinski definition) is 7. The Morgan fingerprint density at radius 2 is 1.69 bits per heavy atom. The van der Waals surface area contributed by atoms with E-state index in [0.717, 1.165) is 19.3 Å². The Morgan fingerprint density at radius 3 is 2.34 bits per heavy atom. The quantitative estimate of drug-likeness (QED) is 0.265. The average molecular weight is 497 g/mol. The molecule has 0 aromatic heterocycles. The van der Waals surface area contributed by atoms with E-state index >= 15 is 0 Å². The van der Waals surface area contributed by atoms with Gasteiger partial charge in [0.1, 0.15) is 0 Å². The summed E-state index contributed by atoms with van der Waals surface area (Å²) in [6.45, 7) is 6.38. The summed E-state index contributed by atoms with van der Waals surface area (Å²) in [5, 5.41) is 55.6. The molecule has 8 N–H and O–H groups in total. The maximum Gasteiger partial charge on any atom is 0.341 e. The second-order valence-electron chi connectivity index (χ2n) is 12.5. The third kappa shape index (κ3) is 4.31. The van der Waals surface area contributed by atoms with Gasteiger partial charge in [0.15, 0.2) is 6.17 Å². The lowest BCUT2D eigenvalue weighted by Gasteiger charge is -2.64. The predicted molar refractivity (Wildman–Crippen MR) is 128 cm³/mol. The van der Waals surface area contributed by atoms with E-state index in [0.29, 0.717) is 25.7 Å². The second-order valence-corrected chi connectivity index (χ2v) is 12.5. The Bertz CT molecular complexity index is 826. The standard InChI is InChI=1S/C26H44N2O7/c1-12(4-7-19(31)28-23(27)24(34)35)14-5-6-15-20-16(11-18(30)26(14,15)3)25(2)9-8-13(29)10-17(25)21(32)22(20)33/h12-18,20-23,29-30,32-33H,4-11,27H2,1-3H3,(H,28,31)(H,34,35)/t12-,13-,14-,15?,16?,17+,18+,20?,21-,22+,23?,25-,26-/m1/s1. The molecule has 35 heavy (non-hydrogen) atoms. The number of aliphatic hydroxyl groups excluding tert-OH is 4. The van der Waals surface area contributed by atoms with Gasteiger partial charge in [-0.3, -0.25) is 4.79 Å². The number of amides is 1. The van der Waals surface area contributed by atoms with Gasteiger partial charge in [-0.25, -0.2) is 4.79 Å². The molecule has 4 aliphatic carbocycles. The molecule has 4 saturated carbocycles. The third-order valence-electron chi connectivity index (χ3n) is 11.0. The normalized spacial score (nSPS) is 48.7. The highest BCUT2D eigenvalue weighted by molar-refractivity contribution is 5.82. The van der Waals surface area contributed by atoms with Crippen molar-refractivity contribution < 1.29 is 35.1 Å². The molecule has 9 heteroatoms. The third-order valence-corrected chi connectivity index (χ3v) is 11.0. The minimum atomic E-state index is -1.42. The Kier molecular flexibility index (Phi) is 7.32. The lowest BCUT2D eigenvalue weighted by Crippen LogP contribution is -2.66. The van der Waals surface area contributed by atoms with Crippen molar-refractivity contribution in [2.45, 2.75) is 103 Å². The van der Waals surface area contributed by atoms with Crippen molar-refractivity contribution in [3.05, 3.63) is 0 Å². The summed E-state index contributed by atoms with van der Waals surface area (Å²) < 4.78 is 0. The van der Waals surface area contributed by atoms with Gasteiger partial charge in [0.25, 0.3) is 0 Å². The molecule has 13 atom stereocenters. The number of fused-ring (bicyclic) bond motifs is 5. The van der Waals surface area contributed by atoms with Gasteiger partial charge in [0.2, 0.25) is 5.91 Å². The van der Waals surface area contributed by atoms with E-state index in [-0.39, 0.29) is 47.3 Å². The van der Waals surface area contributed by atoms with Crippen molar-refractivity contribution in [1.82, 2.24) is 5.32 Å². The molecule has 0 radical (unpaired) electrons. The second kappa shape index (κ2) is 9.56. The van der Waals surface area contributed by atoms with Gasteiger partial charge in [-0.1, -0.05) is 20.8 Å². The predicted octanol–water partition coefficient (Wildman–Crippen LogP) is 0.821. The molecule has 0 spiro atoms. The number of rotatable bonds is 6. The molecule has 4 rings (SSSR count). The molecule has 0 bridgehead atoms. The summed E-state index contributed by atoms with van der Waals surface area (Å²) in [5.41, 5.74) is 4.74. The van der Waals surface area contributed by atoms with Crippen LogP contribution in [0.15, 0.2) is 0 Å². The SMILES string of the molecule is C[C@H](CCC(=O)NC(N)C(=O)O)[C@H]1CCC2C3C(C[C@H](O)[C@@]21C)[C@@]1(C)CC[C@@H](O)C[C@H]1[C@@H](O)[C@H]3O. The Labute approximate surface area is 207 Å². The van der Waals surface area contributed by atoms with Crippen molar-refractivity contribution >= 4 is 11.9 Å². The number of carbonyl (C=O) groups is 2. The van der Waals surface area contributed by atoms with Gasteiger partial charge >= 0.3 is 5.97 Å². The molecule has 200 valence electrons. The van der Waals surface area contributed by atoms with E-state index in [2.05, 4.69) is 26.1 Å². The zero-order chi connectivity index (χ0) is 25.9. The van der Waals surface area contributed by atoms with Crippen LogP contribution in [-0.4, -0.2) is 68.0 Å². The molecular weight excluding hydrogens is 452 g/mol. The minimum absolute atomic E-state index is 0.0623. The van der Waals surface area contributed by atoms with Crippen molar-refractivity contribution in [2.75, 3.05) is 0 Å². The first-order valence-electron chi connectivity index (χ1n) is 13.3. The fraction of sp³-hybridized carbons (Fsp3) is 0.923. The van der Waals surface area contributed by atoms with E-state index < -0.39 is 47.9 Å². The number of carboxylic acid groups (broad SMARTS) is 1. The van der Waals surface area contributed by atoms with Crippen LogP contribution in [-0.2, 0) is 9.59 Å². The van der Waals surface area contributed by atoms with Crippen molar-refractivity contribution in [3.63, 3.8) is 0 Å². The van der Waals surface area contributed by atoms with Crippen LogP contribution in [0.5, 0.6) is 0 Å². The van der Waals surface area contributed by atoms with E-state index in [1.807, 2.05) is 0 Å². The summed E-state index contributed by atoms with van der Waals surface area (Å²) in [4.78, 5) is 23.1. The number of nitrogens with one attached hydrogen (secondary N) is 1. The van der Waals surface area contributed by atoms with Gasteiger partial charge < -0.3 is 36.6 Å². The van der Waals surface area contributed by atoms with Gasteiger partial charge in [0, 0.05) is 6.42 Å². The van der Waals surface area contributed by atoms with Crippen LogP contribution in [0, 0.1) is 46.3 Å². The summed E-state index contributed by atoms with van der Waals surface area (Å²) in [7, 11) is 0. The molecule has 4 unspecified atom stereocenters. The molecule has 1 amide bonds. The fourth-order valence-electron chi connectivity index (χ4n) is 9.04. The monoisotopic (exact) mass is 496 g/mol. The molecule has 4 fully saturated rings. The number of nitrogens with two attached hydrogens (primary N) is 1. The summed E-state index contributed by atoms with van der Waals surface area (Å²) in [6.07, 6.45) is 0.782. The van der Waals surface area contributed by atoms with Crippen LogP contribution >= 0.6 is 0 Å². The Hall–Kier alpha value is -1.26. The molecule has 0 heterocycles. The van der Waals surface area contributed by atoms with E-state index in [9.17, 15) is 30.0 Å². The Balaban J connectivity index is 1.51. The molecule has 0 aromatic carbocycles. The molecule has 0 aliphatic heterocycles. The van der Waals surface area contributed by atoms with Gasteiger partial charge in [-0.15, -0.1) is 0 Å². The molecule has 4 aliphatic rings. The van der Waals surface area contributed by atoms with Crippen LogP contribution in [0.2, 0.25) is 0 Å². The number of carbonyl (C=O) groups excluding carboxylic acids is 1. The topological polar surface area (TPSA) is 173 Å². The highest BCUT2D eigenvalue weighted by Crippen LogP contribution is 2.68. The van der Waals surface area contributed by atoms with Crippen LogP contribution < -0.4 is 11.1 Å². The number of hydrogen-bond donors (Lipinski definition) is 7. The van der Waals surface area contributed by atoms with E-state index in [4.69, 9.17) is 10.8 Å². The summed E-state index contributed by atoms with van der Waals surface area (Å²) in [6, 6.07) is 0. The minimum Gasteiger partial charge on any atom is -0.479 e. The Morgan fingerprint density at radius 1 is 1.00 bits per heavy atom. The van der Waals surface area contributed by atoms with Crippen LogP contribution in [0.3, 0.4) is 0 Å². The largest absolute Gasteiger partial charge is 0.479 e.